The van der Waals surface area contributed by atoms with E-state index in [-0.39, 0.29) is 12.5 Å². The third-order valence-electron chi connectivity index (χ3n) is 3.54. The molecule has 0 atom stereocenters. The van der Waals surface area contributed by atoms with Crippen LogP contribution in [-0.2, 0) is 17.8 Å². The number of anilines is 2. The van der Waals surface area contributed by atoms with Crippen LogP contribution in [0.25, 0.3) is 0 Å². The van der Waals surface area contributed by atoms with Crippen molar-refractivity contribution in [3.05, 3.63) is 53.6 Å². The van der Waals surface area contributed by atoms with Crippen molar-refractivity contribution < 1.29 is 9.53 Å². The standard InChI is InChI=1S/C17H18N2O2/c1-2-12-3-6-14(7-4-12)18-10-13-5-8-16-15(9-13)19-17(20)11-21-16/h3-9,18H,2,10-11H2,1H3,(H,19,20). The molecule has 4 heteroatoms. The summed E-state index contributed by atoms with van der Waals surface area (Å²) < 4.78 is 5.35. The first-order chi connectivity index (χ1) is 10.2. The number of rotatable bonds is 4. The summed E-state index contributed by atoms with van der Waals surface area (Å²) in [5.74, 6) is 0.619. The zero-order chi connectivity index (χ0) is 14.7. The highest BCUT2D eigenvalue weighted by Gasteiger charge is 2.15. The largest absolute Gasteiger partial charge is 0.482 e. The maximum absolute atomic E-state index is 11.3. The molecule has 0 aromatic heterocycles. The van der Waals surface area contributed by atoms with Gasteiger partial charge in [-0.1, -0.05) is 25.1 Å². The summed E-state index contributed by atoms with van der Waals surface area (Å²) >= 11 is 0. The van der Waals surface area contributed by atoms with Crippen molar-refractivity contribution in [1.29, 1.82) is 0 Å². The van der Waals surface area contributed by atoms with Crippen LogP contribution in [0.15, 0.2) is 42.5 Å². The summed E-state index contributed by atoms with van der Waals surface area (Å²) in [5.41, 5.74) is 4.25. The Balaban J connectivity index is 1.67. The molecule has 0 bridgehead atoms. The molecule has 1 amide bonds. The fourth-order valence-electron chi connectivity index (χ4n) is 2.30. The van der Waals surface area contributed by atoms with E-state index in [1.807, 2.05) is 18.2 Å². The van der Waals surface area contributed by atoms with Gasteiger partial charge >= 0.3 is 0 Å². The molecule has 3 rings (SSSR count). The molecule has 4 nitrogen and oxygen atoms in total. The van der Waals surface area contributed by atoms with E-state index < -0.39 is 0 Å². The highest BCUT2D eigenvalue weighted by Crippen LogP contribution is 2.28. The van der Waals surface area contributed by atoms with E-state index in [2.05, 4.69) is 41.8 Å². The van der Waals surface area contributed by atoms with Crippen LogP contribution in [0.5, 0.6) is 5.75 Å². The van der Waals surface area contributed by atoms with Gasteiger partial charge in [-0.3, -0.25) is 4.79 Å². The van der Waals surface area contributed by atoms with Crippen molar-refractivity contribution in [3.63, 3.8) is 0 Å². The van der Waals surface area contributed by atoms with E-state index in [4.69, 9.17) is 4.74 Å². The Hall–Kier alpha value is -2.49. The number of aryl methyl sites for hydroxylation is 1. The Morgan fingerprint density at radius 2 is 1.90 bits per heavy atom. The lowest BCUT2D eigenvalue weighted by Gasteiger charge is -2.18. The average molecular weight is 282 g/mol. The number of benzene rings is 2. The summed E-state index contributed by atoms with van der Waals surface area (Å²) in [7, 11) is 0. The molecule has 0 spiro atoms. The fourth-order valence-corrected chi connectivity index (χ4v) is 2.30. The van der Waals surface area contributed by atoms with Crippen LogP contribution in [-0.4, -0.2) is 12.5 Å². The topological polar surface area (TPSA) is 50.4 Å². The lowest BCUT2D eigenvalue weighted by molar-refractivity contribution is -0.118. The van der Waals surface area contributed by atoms with Gasteiger partial charge in [0.15, 0.2) is 6.61 Å². The minimum absolute atomic E-state index is 0.0916. The first-order valence-corrected chi connectivity index (χ1v) is 7.13. The van der Waals surface area contributed by atoms with Crippen molar-refractivity contribution in [2.24, 2.45) is 0 Å². The molecule has 2 aromatic carbocycles. The van der Waals surface area contributed by atoms with Gasteiger partial charge in [0, 0.05) is 12.2 Å². The Morgan fingerprint density at radius 3 is 2.67 bits per heavy atom. The van der Waals surface area contributed by atoms with Crippen LogP contribution >= 0.6 is 0 Å². The Kier molecular flexibility index (Phi) is 3.77. The van der Waals surface area contributed by atoms with E-state index in [9.17, 15) is 4.79 Å². The summed E-state index contributed by atoms with van der Waals surface area (Å²) in [4.78, 5) is 11.3. The van der Waals surface area contributed by atoms with Crippen LogP contribution in [0.3, 0.4) is 0 Å². The summed E-state index contributed by atoms with van der Waals surface area (Å²) in [6, 6.07) is 14.3. The number of hydrogen-bond donors (Lipinski definition) is 2. The zero-order valence-electron chi connectivity index (χ0n) is 12.0. The van der Waals surface area contributed by atoms with Crippen molar-refractivity contribution in [3.8, 4) is 5.75 Å². The van der Waals surface area contributed by atoms with Gasteiger partial charge in [0.2, 0.25) is 0 Å². The lowest BCUT2D eigenvalue weighted by Crippen LogP contribution is -2.25. The minimum Gasteiger partial charge on any atom is -0.482 e. The Labute approximate surface area is 124 Å². The molecule has 1 heterocycles. The maximum Gasteiger partial charge on any atom is 0.262 e. The molecule has 0 saturated heterocycles. The van der Waals surface area contributed by atoms with Gasteiger partial charge in [-0.2, -0.15) is 0 Å². The second-order valence-electron chi connectivity index (χ2n) is 5.07. The summed E-state index contributed by atoms with van der Waals surface area (Å²) in [6.45, 7) is 2.94. The first-order valence-electron chi connectivity index (χ1n) is 7.13. The first kappa shape index (κ1) is 13.5. The molecule has 0 fully saturated rings. The van der Waals surface area contributed by atoms with Crippen LogP contribution in [0.2, 0.25) is 0 Å². The number of hydrogen-bond acceptors (Lipinski definition) is 3. The number of fused-ring (bicyclic) bond motifs is 1. The van der Waals surface area contributed by atoms with Gasteiger partial charge in [0.05, 0.1) is 5.69 Å². The SMILES string of the molecule is CCc1ccc(NCc2ccc3c(c2)NC(=O)CO3)cc1. The van der Waals surface area contributed by atoms with E-state index in [0.29, 0.717) is 6.54 Å². The third kappa shape index (κ3) is 3.16. The summed E-state index contributed by atoms with van der Waals surface area (Å²) in [5, 5.41) is 6.20. The van der Waals surface area contributed by atoms with Crippen molar-refractivity contribution in [2.45, 2.75) is 19.9 Å². The normalized spacial score (nSPS) is 13.1. The van der Waals surface area contributed by atoms with Crippen LogP contribution in [0.4, 0.5) is 11.4 Å². The predicted molar refractivity (Wildman–Crippen MR) is 83.7 cm³/mol. The number of carbonyl (C=O) groups is 1. The van der Waals surface area contributed by atoms with E-state index in [1.165, 1.54) is 5.56 Å². The van der Waals surface area contributed by atoms with Gasteiger partial charge in [-0.25, -0.2) is 0 Å². The molecule has 1 aliphatic rings. The molecule has 0 radical (unpaired) electrons. The molecule has 0 saturated carbocycles. The maximum atomic E-state index is 11.3. The van der Waals surface area contributed by atoms with Crippen LogP contribution in [0, 0.1) is 0 Å². The Bertz CT molecular complexity index is 650. The number of nitrogens with one attached hydrogen (secondary N) is 2. The zero-order valence-corrected chi connectivity index (χ0v) is 12.0. The van der Waals surface area contributed by atoms with Crippen molar-refractivity contribution in [1.82, 2.24) is 0 Å². The van der Waals surface area contributed by atoms with Gasteiger partial charge in [0.1, 0.15) is 5.75 Å². The van der Waals surface area contributed by atoms with Crippen LogP contribution < -0.4 is 15.4 Å². The molecular weight excluding hydrogens is 264 g/mol. The molecule has 108 valence electrons. The van der Waals surface area contributed by atoms with Gasteiger partial charge in [-0.05, 0) is 41.8 Å². The highest BCUT2D eigenvalue weighted by molar-refractivity contribution is 5.95. The Morgan fingerprint density at radius 1 is 1.14 bits per heavy atom. The number of amides is 1. The molecule has 0 aliphatic carbocycles. The summed E-state index contributed by atoms with van der Waals surface area (Å²) in [6.07, 6.45) is 1.05. The smallest absolute Gasteiger partial charge is 0.262 e. The van der Waals surface area contributed by atoms with Crippen molar-refractivity contribution in [2.75, 3.05) is 17.2 Å². The van der Waals surface area contributed by atoms with Gasteiger partial charge in [0.25, 0.3) is 5.91 Å². The van der Waals surface area contributed by atoms with E-state index >= 15 is 0 Å². The van der Waals surface area contributed by atoms with Gasteiger partial charge in [-0.15, -0.1) is 0 Å². The highest BCUT2D eigenvalue weighted by atomic mass is 16.5. The monoisotopic (exact) mass is 282 g/mol. The average Bonchev–Trinajstić information content (AvgIpc) is 2.53. The molecule has 21 heavy (non-hydrogen) atoms. The van der Waals surface area contributed by atoms with Crippen LogP contribution in [0.1, 0.15) is 18.1 Å². The quantitative estimate of drug-likeness (QED) is 0.905. The lowest BCUT2D eigenvalue weighted by atomic mass is 10.1. The molecule has 2 aromatic rings. The van der Waals surface area contributed by atoms with E-state index in [0.717, 1.165) is 29.1 Å². The fraction of sp³-hybridized carbons (Fsp3) is 0.235. The van der Waals surface area contributed by atoms with Crippen molar-refractivity contribution >= 4 is 17.3 Å². The van der Waals surface area contributed by atoms with Gasteiger partial charge < -0.3 is 15.4 Å². The number of carbonyl (C=O) groups excluding carboxylic acids is 1. The molecule has 1 aliphatic heterocycles. The predicted octanol–water partition coefficient (Wildman–Crippen LogP) is 3.19. The second-order valence-corrected chi connectivity index (χ2v) is 5.07. The second kappa shape index (κ2) is 5.87. The molecule has 2 N–H and O–H groups in total. The number of ether oxygens (including phenoxy) is 1. The molecule has 0 unspecified atom stereocenters. The molecular formula is C17H18N2O2. The third-order valence-corrected chi connectivity index (χ3v) is 3.54. The minimum atomic E-state index is -0.109. The van der Waals surface area contributed by atoms with E-state index in [1.54, 1.807) is 0 Å².